The van der Waals surface area contributed by atoms with E-state index in [1.165, 1.54) is 16.7 Å². The molecule has 1 aromatic rings. The monoisotopic (exact) mass is 235 g/mol. The molecule has 0 unspecified atom stereocenters. The number of likely N-dealkylation sites (N-methyl/N-ethyl adjacent to an activating group) is 1. The molecule has 17 heavy (non-hydrogen) atoms. The Morgan fingerprint density at radius 1 is 1.24 bits per heavy atom. The molecule has 0 aliphatic carbocycles. The van der Waals surface area contributed by atoms with Crippen molar-refractivity contribution < 1.29 is 4.74 Å². The predicted molar refractivity (Wildman–Crippen MR) is 74.1 cm³/mol. The molecule has 2 heteroatoms. The van der Waals surface area contributed by atoms with Crippen LogP contribution in [0.4, 0.5) is 0 Å². The zero-order chi connectivity index (χ0) is 13.1. The second-order valence-corrected chi connectivity index (χ2v) is 5.58. The van der Waals surface area contributed by atoms with Crippen LogP contribution in [0.25, 0.3) is 0 Å². The average Bonchev–Trinajstić information content (AvgIpc) is 2.25. The van der Waals surface area contributed by atoms with E-state index in [1.54, 1.807) is 7.11 Å². The average molecular weight is 235 g/mol. The zero-order valence-corrected chi connectivity index (χ0v) is 12.0. The minimum Gasteiger partial charge on any atom is -0.496 e. The second-order valence-electron chi connectivity index (χ2n) is 5.58. The van der Waals surface area contributed by atoms with E-state index in [-0.39, 0.29) is 5.41 Å². The quantitative estimate of drug-likeness (QED) is 0.866. The Kier molecular flexibility index (Phi) is 4.58. The molecule has 1 rings (SSSR count). The molecule has 0 atom stereocenters. The van der Waals surface area contributed by atoms with Crippen molar-refractivity contribution in [2.45, 2.75) is 39.5 Å². The topological polar surface area (TPSA) is 21.3 Å². The second kappa shape index (κ2) is 5.54. The Balaban J connectivity index is 3.15. The van der Waals surface area contributed by atoms with Crippen LogP contribution in [-0.2, 0) is 11.8 Å². The maximum absolute atomic E-state index is 5.53. The number of hydrogen-bond donors (Lipinski definition) is 1. The van der Waals surface area contributed by atoms with E-state index in [4.69, 9.17) is 4.74 Å². The molecule has 2 nitrogen and oxygen atoms in total. The molecular weight excluding hydrogens is 210 g/mol. The van der Waals surface area contributed by atoms with Gasteiger partial charge in [0.25, 0.3) is 0 Å². The lowest BCUT2D eigenvalue weighted by molar-refractivity contribution is 0.396. The summed E-state index contributed by atoms with van der Waals surface area (Å²) in [6.45, 7) is 9.84. The van der Waals surface area contributed by atoms with Crippen molar-refractivity contribution in [2.75, 3.05) is 20.7 Å². The highest BCUT2D eigenvalue weighted by molar-refractivity contribution is 5.45. The predicted octanol–water partition coefficient (Wildman–Crippen LogP) is 3.06. The first-order chi connectivity index (χ1) is 7.90. The molecule has 0 fully saturated rings. The van der Waals surface area contributed by atoms with Gasteiger partial charge in [-0.1, -0.05) is 26.8 Å². The summed E-state index contributed by atoms with van der Waals surface area (Å²) in [4.78, 5) is 0. The summed E-state index contributed by atoms with van der Waals surface area (Å²) in [5.74, 6) is 1.01. The number of aryl methyl sites for hydroxylation is 1. The molecule has 0 aliphatic rings. The van der Waals surface area contributed by atoms with Crippen molar-refractivity contribution in [3.63, 3.8) is 0 Å². The van der Waals surface area contributed by atoms with Gasteiger partial charge in [0, 0.05) is 0 Å². The van der Waals surface area contributed by atoms with Gasteiger partial charge >= 0.3 is 0 Å². The number of hydrogen-bond acceptors (Lipinski definition) is 2. The molecule has 0 radical (unpaired) electrons. The normalized spacial score (nSPS) is 11.6. The molecule has 0 saturated carbocycles. The molecule has 0 spiro atoms. The van der Waals surface area contributed by atoms with E-state index < -0.39 is 0 Å². The molecule has 1 N–H and O–H groups in total. The summed E-state index contributed by atoms with van der Waals surface area (Å²) in [6.07, 6.45) is 1.04. The van der Waals surface area contributed by atoms with Crippen molar-refractivity contribution in [1.29, 1.82) is 0 Å². The first kappa shape index (κ1) is 14.0. The first-order valence-electron chi connectivity index (χ1n) is 6.22. The van der Waals surface area contributed by atoms with Crippen molar-refractivity contribution in [1.82, 2.24) is 5.32 Å². The fourth-order valence-electron chi connectivity index (χ4n) is 2.01. The van der Waals surface area contributed by atoms with Gasteiger partial charge in [-0.15, -0.1) is 0 Å². The van der Waals surface area contributed by atoms with E-state index in [0.29, 0.717) is 0 Å². The lowest BCUT2D eigenvalue weighted by Gasteiger charge is -2.24. The van der Waals surface area contributed by atoms with Crippen LogP contribution in [0.3, 0.4) is 0 Å². The van der Waals surface area contributed by atoms with Crippen molar-refractivity contribution in [3.8, 4) is 5.75 Å². The molecular formula is C15H25NO. The third-order valence-electron chi connectivity index (χ3n) is 3.11. The Labute approximate surface area is 105 Å². The Morgan fingerprint density at radius 2 is 1.88 bits per heavy atom. The van der Waals surface area contributed by atoms with Crippen LogP contribution in [0.15, 0.2) is 12.1 Å². The van der Waals surface area contributed by atoms with Crippen LogP contribution in [0.1, 0.15) is 37.5 Å². The van der Waals surface area contributed by atoms with Crippen LogP contribution >= 0.6 is 0 Å². The maximum Gasteiger partial charge on any atom is 0.122 e. The van der Waals surface area contributed by atoms with Gasteiger partial charge in [-0.2, -0.15) is 0 Å². The van der Waals surface area contributed by atoms with Gasteiger partial charge in [0.2, 0.25) is 0 Å². The molecule has 96 valence electrons. The largest absolute Gasteiger partial charge is 0.496 e. The third kappa shape index (κ3) is 3.47. The lowest BCUT2D eigenvalue weighted by atomic mass is 9.84. The van der Waals surface area contributed by atoms with Crippen LogP contribution in [-0.4, -0.2) is 20.7 Å². The first-order valence-corrected chi connectivity index (χ1v) is 6.22. The number of ether oxygens (including phenoxy) is 1. The van der Waals surface area contributed by atoms with Gasteiger partial charge in [-0.05, 0) is 55.1 Å². The van der Waals surface area contributed by atoms with Gasteiger partial charge in [-0.25, -0.2) is 0 Å². The SMILES string of the molecule is CNCCc1cc(OC)c(C(C)(C)C)cc1C. The summed E-state index contributed by atoms with van der Waals surface area (Å²) in [7, 11) is 3.73. The summed E-state index contributed by atoms with van der Waals surface area (Å²) >= 11 is 0. The van der Waals surface area contributed by atoms with Crippen molar-refractivity contribution in [3.05, 3.63) is 28.8 Å². The molecule has 0 saturated heterocycles. The van der Waals surface area contributed by atoms with Gasteiger partial charge < -0.3 is 10.1 Å². The van der Waals surface area contributed by atoms with Crippen LogP contribution < -0.4 is 10.1 Å². The van der Waals surface area contributed by atoms with Gasteiger partial charge in [0.15, 0.2) is 0 Å². The van der Waals surface area contributed by atoms with Gasteiger partial charge in [0.05, 0.1) is 7.11 Å². The molecule has 0 heterocycles. The van der Waals surface area contributed by atoms with Gasteiger partial charge in [-0.3, -0.25) is 0 Å². The van der Waals surface area contributed by atoms with Crippen LogP contribution in [0.2, 0.25) is 0 Å². The van der Waals surface area contributed by atoms with E-state index in [1.807, 2.05) is 7.05 Å². The highest BCUT2D eigenvalue weighted by Gasteiger charge is 2.20. The Bertz CT molecular complexity index is 377. The molecule has 0 bridgehead atoms. The van der Waals surface area contributed by atoms with E-state index >= 15 is 0 Å². The maximum atomic E-state index is 5.53. The van der Waals surface area contributed by atoms with Crippen LogP contribution in [0, 0.1) is 6.92 Å². The minimum atomic E-state index is 0.123. The molecule has 0 aromatic heterocycles. The zero-order valence-electron chi connectivity index (χ0n) is 12.0. The molecule has 0 amide bonds. The smallest absolute Gasteiger partial charge is 0.122 e. The third-order valence-corrected chi connectivity index (χ3v) is 3.11. The van der Waals surface area contributed by atoms with Crippen molar-refractivity contribution >= 4 is 0 Å². The Hall–Kier alpha value is -1.02. The number of benzene rings is 1. The fraction of sp³-hybridized carbons (Fsp3) is 0.600. The van der Waals surface area contributed by atoms with Gasteiger partial charge in [0.1, 0.15) is 5.75 Å². The van der Waals surface area contributed by atoms with E-state index in [2.05, 4.69) is 45.1 Å². The van der Waals surface area contributed by atoms with E-state index in [0.717, 1.165) is 18.7 Å². The summed E-state index contributed by atoms with van der Waals surface area (Å²) in [5.41, 5.74) is 4.12. The van der Waals surface area contributed by atoms with Crippen molar-refractivity contribution in [2.24, 2.45) is 0 Å². The molecule has 1 aromatic carbocycles. The standard InChI is InChI=1S/C15H25NO/c1-11-9-13(15(2,3)4)14(17-6)10-12(11)7-8-16-5/h9-10,16H,7-8H2,1-6H3. The number of methoxy groups -OCH3 is 1. The number of nitrogens with one attached hydrogen (secondary N) is 1. The highest BCUT2D eigenvalue weighted by Crippen LogP contribution is 2.33. The highest BCUT2D eigenvalue weighted by atomic mass is 16.5. The summed E-state index contributed by atoms with van der Waals surface area (Å²) < 4.78 is 5.53. The van der Waals surface area contributed by atoms with Crippen LogP contribution in [0.5, 0.6) is 5.75 Å². The fourth-order valence-corrected chi connectivity index (χ4v) is 2.01. The minimum absolute atomic E-state index is 0.123. The summed E-state index contributed by atoms with van der Waals surface area (Å²) in [6, 6.07) is 4.46. The van der Waals surface area contributed by atoms with E-state index in [9.17, 15) is 0 Å². The summed E-state index contributed by atoms with van der Waals surface area (Å²) in [5, 5.41) is 3.18. The number of rotatable bonds is 4. The molecule has 0 aliphatic heterocycles. The lowest BCUT2D eigenvalue weighted by Crippen LogP contribution is -2.15. The Morgan fingerprint density at radius 3 is 2.35 bits per heavy atom.